The first-order valence-corrected chi connectivity index (χ1v) is 13.9. The van der Waals surface area contributed by atoms with E-state index in [2.05, 4.69) is 24.5 Å². The number of nitrogens with one attached hydrogen (secondary N) is 2. The fourth-order valence-corrected chi connectivity index (χ4v) is 4.13. The number of hydrogen-bond acceptors (Lipinski definition) is 5. The van der Waals surface area contributed by atoms with Gasteiger partial charge in [-0.15, -0.1) is 0 Å². The van der Waals surface area contributed by atoms with Gasteiger partial charge in [0.1, 0.15) is 5.75 Å². The zero-order valence-electron chi connectivity index (χ0n) is 24.2. The van der Waals surface area contributed by atoms with Crippen LogP contribution in [0.5, 0.6) is 5.75 Å². The summed E-state index contributed by atoms with van der Waals surface area (Å²) >= 11 is 0. The minimum Gasteiger partial charge on any atom is -0.482 e. The van der Waals surface area contributed by atoms with E-state index in [-0.39, 0.29) is 31.4 Å². The molecule has 42 heavy (non-hydrogen) atoms. The van der Waals surface area contributed by atoms with Crippen LogP contribution in [0.2, 0.25) is 0 Å². The molecule has 3 N–H and O–H groups in total. The van der Waals surface area contributed by atoms with Crippen molar-refractivity contribution in [1.82, 2.24) is 5.32 Å². The Morgan fingerprint density at radius 2 is 1.64 bits per heavy atom. The van der Waals surface area contributed by atoms with Gasteiger partial charge < -0.3 is 30.3 Å². The van der Waals surface area contributed by atoms with E-state index in [9.17, 15) is 19.2 Å². The van der Waals surface area contributed by atoms with Crippen LogP contribution in [0.25, 0.3) is 0 Å². The lowest BCUT2D eigenvalue weighted by Crippen LogP contribution is -2.42. The second-order valence-corrected chi connectivity index (χ2v) is 9.97. The van der Waals surface area contributed by atoms with Crippen LogP contribution < -0.4 is 25.2 Å². The molecule has 0 fully saturated rings. The highest BCUT2D eigenvalue weighted by Crippen LogP contribution is 2.29. The summed E-state index contributed by atoms with van der Waals surface area (Å²) in [7, 11) is 1.67. The molecule has 0 aliphatic carbocycles. The molecule has 222 valence electrons. The number of benzene rings is 3. The molecule has 0 saturated carbocycles. The summed E-state index contributed by atoms with van der Waals surface area (Å²) in [6, 6.07) is 22.2. The first kappa shape index (κ1) is 31.7. The first-order chi connectivity index (χ1) is 20.2. The van der Waals surface area contributed by atoms with Crippen LogP contribution in [0.15, 0.2) is 78.9 Å². The van der Waals surface area contributed by atoms with Gasteiger partial charge in [-0.25, -0.2) is 4.79 Å². The number of carboxylic acids is 1. The Morgan fingerprint density at radius 1 is 0.929 bits per heavy atom. The Hall–Kier alpha value is -4.86. The number of nitrogens with zero attached hydrogens (tertiary/aromatic N) is 2. The van der Waals surface area contributed by atoms with E-state index in [1.54, 1.807) is 60.5 Å². The van der Waals surface area contributed by atoms with Gasteiger partial charge in [-0.2, -0.15) is 0 Å². The van der Waals surface area contributed by atoms with Gasteiger partial charge in [0.15, 0.2) is 6.61 Å². The lowest BCUT2D eigenvalue weighted by Gasteiger charge is -2.27. The molecule has 0 aromatic heterocycles. The molecule has 3 rings (SSSR count). The SMILES string of the molecule is CCC(C)CCN(C(=O)CNC(=O)Nc1cccc(CC(=O)O)c1)c1ccccc1OCC(=O)N(C)c1ccccc1. The molecule has 0 aliphatic heterocycles. The highest BCUT2D eigenvalue weighted by molar-refractivity contribution is 5.99. The molecule has 10 nitrogen and oxygen atoms in total. The number of para-hydroxylation sites is 3. The second kappa shape index (κ2) is 15.8. The molecule has 10 heteroatoms. The van der Waals surface area contributed by atoms with Gasteiger partial charge in [-0.3, -0.25) is 14.4 Å². The topological polar surface area (TPSA) is 128 Å². The van der Waals surface area contributed by atoms with Crippen molar-refractivity contribution in [2.24, 2.45) is 5.92 Å². The van der Waals surface area contributed by atoms with Crippen molar-refractivity contribution in [3.05, 3.63) is 84.4 Å². The number of carboxylic acid groups (broad SMARTS) is 1. The predicted octanol–water partition coefficient (Wildman–Crippen LogP) is 4.95. The Kier molecular flexibility index (Phi) is 11.9. The van der Waals surface area contributed by atoms with Crippen molar-refractivity contribution < 1.29 is 29.0 Å². The Labute approximate surface area is 246 Å². The van der Waals surface area contributed by atoms with Crippen molar-refractivity contribution in [2.45, 2.75) is 33.1 Å². The maximum Gasteiger partial charge on any atom is 0.319 e. The summed E-state index contributed by atoms with van der Waals surface area (Å²) in [6.07, 6.45) is 1.51. The van der Waals surface area contributed by atoms with Gasteiger partial charge in [0.05, 0.1) is 18.7 Å². The molecule has 0 spiro atoms. The predicted molar refractivity (Wildman–Crippen MR) is 163 cm³/mol. The van der Waals surface area contributed by atoms with E-state index >= 15 is 0 Å². The Balaban J connectivity index is 1.69. The van der Waals surface area contributed by atoms with Crippen molar-refractivity contribution >= 4 is 40.9 Å². The molecule has 3 aromatic rings. The maximum absolute atomic E-state index is 13.4. The van der Waals surface area contributed by atoms with E-state index in [0.717, 1.165) is 18.5 Å². The fourth-order valence-electron chi connectivity index (χ4n) is 4.13. The lowest BCUT2D eigenvalue weighted by molar-refractivity contribution is -0.136. The van der Waals surface area contributed by atoms with Crippen LogP contribution in [0.3, 0.4) is 0 Å². The third-order valence-electron chi connectivity index (χ3n) is 6.81. The van der Waals surface area contributed by atoms with Gasteiger partial charge in [0.25, 0.3) is 5.91 Å². The molecule has 0 aliphatic rings. The largest absolute Gasteiger partial charge is 0.482 e. The molecule has 3 aromatic carbocycles. The molecular formula is C32H38N4O6. The van der Waals surface area contributed by atoms with Crippen LogP contribution in [0.1, 0.15) is 32.3 Å². The van der Waals surface area contributed by atoms with Crippen molar-refractivity contribution in [3.8, 4) is 5.75 Å². The first-order valence-electron chi connectivity index (χ1n) is 13.9. The molecule has 1 unspecified atom stereocenters. The van der Waals surface area contributed by atoms with E-state index in [0.29, 0.717) is 35.2 Å². The molecule has 0 radical (unpaired) electrons. The van der Waals surface area contributed by atoms with E-state index in [1.165, 1.54) is 4.90 Å². The number of carbonyl (C=O) groups excluding carboxylic acids is 3. The van der Waals surface area contributed by atoms with Crippen molar-refractivity contribution in [1.29, 1.82) is 0 Å². The monoisotopic (exact) mass is 574 g/mol. The molecular weight excluding hydrogens is 536 g/mol. The summed E-state index contributed by atoms with van der Waals surface area (Å²) in [4.78, 5) is 52.9. The van der Waals surface area contributed by atoms with E-state index < -0.39 is 12.0 Å². The summed E-state index contributed by atoms with van der Waals surface area (Å²) < 4.78 is 5.92. The molecule has 4 amide bonds. The number of ether oxygens (including phenoxy) is 1. The Bertz CT molecular complexity index is 1360. The third kappa shape index (κ3) is 9.65. The van der Waals surface area contributed by atoms with Gasteiger partial charge >= 0.3 is 12.0 Å². The minimum absolute atomic E-state index is 0.170. The number of urea groups is 1. The summed E-state index contributed by atoms with van der Waals surface area (Å²) in [5.74, 6) is -0.832. The highest BCUT2D eigenvalue weighted by atomic mass is 16.5. The third-order valence-corrected chi connectivity index (χ3v) is 6.81. The van der Waals surface area contributed by atoms with Crippen molar-refractivity contribution in [3.63, 3.8) is 0 Å². The number of anilines is 3. The summed E-state index contributed by atoms with van der Waals surface area (Å²) in [5, 5.41) is 14.2. The zero-order valence-corrected chi connectivity index (χ0v) is 24.2. The summed E-state index contributed by atoms with van der Waals surface area (Å²) in [5.41, 5.74) is 2.20. The molecule has 1 atom stereocenters. The average molecular weight is 575 g/mol. The molecule has 0 heterocycles. The summed E-state index contributed by atoms with van der Waals surface area (Å²) in [6.45, 7) is 4.07. The number of hydrogen-bond donors (Lipinski definition) is 3. The fraction of sp³-hybridized carbons (Fsp3) is 0.312. The maximum atomic E-state index is 13.4. The number of aliphatic carboxylic acids is 1. The minimum atomic E-state index is -0.975. The van der Waals surface area contributed by atoms with Gasteiger partial charge in [-0.1, -0.05) is 62.7 Å². The smallest absolute Gasteiger partial charge is 0.319 e. The molecule has 0 bridgehead atoms. The second-order valence-electron chi connectivity index (χ2n) is 9.97. The Morgan fingerprint density at radius 3 is 2.36 bits per heavy atom. The quantitative estimate of drug-likeness (QED) is 0.250. The highest BCUT2D eigenvalue weighted by Gasteiger charge is 2.22. The van der Waals surface area contributed by atoms with Gasteiger partial charge in [0, 0.05) is 25.0 Å². The van der Waals surface area contributed by atoms with Crippen LogP contribution in [-0.4, -0.2) is 55.7 Å². The zero-order chi connectivity index (χ0) is 30.5. The number of carbonyl (C=O) groups is 4. The van der Waals surface area contributed by atoms with Crippen LogP contribution in [-0.2, 0) is 20.8 Å². The van der Waals surface area contributed by atoms with Crippen LogP contribution in [0.4, 0.5) is 21.9 Å². The number of amides is 4. The van der Waals surface area contributed by atoms with Crippen LogP contribution >= 0.6 is 0 Å². The van der Waals surface area contributed by atoms with E-state index in [1.807, 2.05) is 30.3 Å². The lowest BCUT2D eigenvalue weighted by atomic mass is 10.0. The van der Waals surface area contributed by atoms with E-state index in [4.69, 9.17) is 9.84 Å². The molecule has 0 saturated heterocycles. The van der Waals surface area contributed by atoms with Crippen LogP contribution in [0, 0.1) is 5.92 Å². The number of rotatable bonds is 14. The van der Waals surface area contributed by atoms with Gasteiger partial charge in [0.2, 0.25) is 5.91 Å². The number of likely N-dealkylation sites (N-methyl/N-ethyl adjacent to an activating group) is 1. The van der Waals surface area contributed by atoms with Gasteiger partial charge in [-0.05, 0) is 54.3 Å². The normalized spacial score (nSPS) is 11.2. The standard InChI is InChI=1S/C32H38N4O6/c1-4-23(2)17-18-36(29(37)21-33-32(41)34-25-12-10-11-24(19-25)20-31(39)40)27-15-8-9-16-28(27)42-22-30(38)35(3)26-13-6-5-7-14-26/h5-16,19,23H,4,17-18,20-22H2,1-3H3,(H,39,40)(H2,33,34,41). The van der Waals surface area contributed by atoms with Crippen molar-refractivity contribution in [2.75, 3.05) is 41.9 Å². The average Bonchev–Trinajstić information content (AvgIpc) is 2.99.